The summed E-state index contributed by atoms with van der Waals surface area (Å²) in [5.41, 5.74) is 2.71. The van der Waals surface area contributed by atoms with Gasteiger partial charge in [0.15, 0.2) is 6.10 Å². The van der Waals surface area contributed by atoms with Crippen molar-refractivity contribution in [2.45, 2.75) is 32.3 Å². The third-order valence-corrected chi connectivity index (χ3v) is 4.68. The van der Waals surface area contributed by atoms with E-state index in [-0.39, 0.29) is 5.91 Å². The molecular formula is C16H22N2O2. The molecule has 0 bridgehead atoms. The van der Waals surface area contributed by atoms with Gasteiger partial charge >= 0.3 is 0 Å². The van der Waals surface area contributed by atoms with Crippen LogP contribution in [0.5, 0.6) is 0 Å². The maximum absolute atomic E-state index is 11.8. The molecule has 1 aliphatic carbocycles. The Morgan fingerprint density at radius 1 is 1.40 bits per heavy atom. The first-order valence-corrected chi connectivity index (χ1v) is 7.46. The van der Waals surface area contributed by atoms with Crippen molar-refractivity contribution in [2.75, 3.05) is 29.9 Å². The van der Waals surface area contributed by atoms with Gasteiger partial charge in [-0.2, -0.15) is 0 Å². The van der Waals surface area contributed by atoms with E-state index in [1.54, 1.807) is 11.9 Å². The topological polar surface area (TPSA) is 43.8 Å². The third kappa shape index (κ3) is 2.08. The zero-order valence-corrected chi connectivity index (χ0v) is 12.2. The van der Waals surface area contributed by atoms with Crippen LogP contribution in [0.1, 0.15) is 37.9 Å². The number of anilines is 2. The number of carbonyl (C=O) groups excluding carboxylic acids is 1. The van der Waals surface area contributed by atoms with Crippen molar-refractivity contribution in [1.29, 1.82) is 0 Å². The highest BCUT2D eigenvalue weighted by molar-refractivity contribution is 6.03. The second-order valence-corrected chi connectivity index (χ2v) is 5.88. The minimum atomic E-state index is -0.995. The van der Waals surface area contributed by atoms with Gasteiger partial charge in [0.2, 0.25) is 0 Å². The van der Waals surface area contributed by atoms with Crippen molar-refractivity contribution >= 4 is 17.3 Å². The fourth-order valence-corrected chi connectivity index (χ4v) is 3.09. The van der Waals surface area contributed by atoms with Crippen LogP contribution in [-0.2, 0) is 4.79 Å². The van der Waals surface area contributed by atoms with Crippen LogP contribution in [0.4, 0.5) is 11.4 Å². The molecular weight excluding hydrogens is 252 g/mol. The first kappa shape index (κ1) is 13.4. The summed E-state index contributed by atoms with van der Waals surface area (Å²) >= 11 is 0. The molecule has 1 aliphatic heterocycles. The number of benzene rings is 1. The number of nitrogens with zero attached hydrogens (tertiary/aromatic N) is 2. The largest absolute Gasteiger partial charge is 0.378 e. The van der Waals surface area contributed by atoms with Gasteiger partial charge in [-0.3, -0.25) is 4.79 Å². The van der Waals surface area contributed by atoms with E-state index in [1.807, 2.05) is 18.2 Å². The summed E-state index contributed by atoms with van der Waals surface area (Å²) in [7, 11) is 1.73. The SMILES string of the molecule is CCN(CC1CCC1)c1ccc2c(c1)N(C)C(=O)C2O. The molecule has 1 saturated carbocycles. The molecule has 0 saturated heterocycles. The highest BCUT2D eigenvalue weighted by Gasteiger charge is 2.34. The van der Waals surface area contributed by atoms with Gasteiger partial charge in [0.25, 0.3) is 5.91 Å². The van der Waals surface area contributed by atoms with E-state index in [1.165, 1.54) is 19.3 Å². The van der Waals surface area contributed by atoms with Crippen LogP contribution in [0.25, 0.3) is 0 Å². The lowest BCUT2D eigenvalue weighted by atomic mass is 9.85. The van der Waals surface area contributed by atoms with Crippen molar-refractivity contribution in [3.05, 3.63) is 23.8 Å². The highest BCUT2D eigenvalue weighted by atomic mass is 16.3. The van der Waals surface area contributed by atoms with Crippen molar-refractivity contribution in [1.82, 2.24) is 0 Å². The van der Waals surface area contributed by atoms with E-state index in [0.29, 0.717) is 0 Å². The molecule has 4 heteroatoms. The number of amides is 1. The van der Waals surface area contributed by atoms with Crippen LogP contribution >= 0.6 is 0 Å². The molecule has 0 radical (unpaired) electrons. The molecule has 0 spiro atoms. The second kappa shape index (κ2) is 5.09. The Kier molecular flexibility index (Phi) is 3.42. The molecule has 1 aromatic rings. The Morgan fingerprint density at radius 2 is 2.15 bits per heavy atom. The number of rotatable bonds is 4. The molecule has 1 fully saturated rings. The first-order chi connectivity index (χ1) is 9.61. The second-order valence-electron chi connectivity index (χ2n) is 5.88. The summed E-state index contributed by atoms with van der Waals surface area (Å²) in [6.07, 6.45) is 3.03. The molecule has 0 aromatic heterocycles. The molecule has 4 nitrogen and oxygen atoms in total. The number of hydrogen-bond donors (Lipinski definition) is 1. The molecule has 1 amide bonds. The van der Waals surface area contributed by atoms with Gasteiger partial charge in [0, 0.05) is 31.4 Å². The van der Waals surface area contributed by atoms with Crippen molar-refractivity contribution < 1.29 is 9.90 Å². The highest BCUT2D eigenvalue weighted by Crippen LogP contribution is 2.38. The average Bonchev–Trinajstić information content (AvgIpc) is 2.63. The lowest BCUT2D eigenvalue weighted by Gasteiger charge is -2.33. The molecule has 3 rings (SSSR count). The third-order valence-electron chi connectivity index (χ3n) is 4.68. The Bertz CT molecular complexity index is 525. The standard InChI is InChI=1S/C16H22N2O2/c1-3-18(10-11-5-4-6-11)12-7-8-13-14(9-12)17(2)16(20)15(13)19/h7-9,11,15,19H,3-6,10H2,1-2H3. The zero-order valence-electron chi connectivity index (χ0n) is 12.2. The lowest BCUT2D eigenvalue weighted by molar-refractivity contribution is -0.125. The van der Waals surface area contributed by atoms with Gasteiger partial charge in [-0.25, -0.2) is 0 Å². The molecule has 1 heterocycles. The summed E-state index contributed by atoms with van der Waals surface area (Å²) in [6.45, 7) is 4.22. The quantitative estimate of drug-likeness (QED) is 0.916. The molecule has 20 heavy (non-hydrogen) atoms. The number of carbonyl (C=O) groups is 1. The average molecular weight is 274 g/mol. The number of hydrogen-bond acceptors (Lipinski definition) is 3. The summed E-state index contributed by atoms with van der Waals surface area (Å²) in [6, 6.07) is 5.95. The molecule has 1 N–H and O–H groups in total. The van der Waals surface area contributed by atoms with E-state index < -0.39 is 6.10 Å². The summed E-state index contributed by atoms with van der Waals surface area (Å²) in [5.74, 6) is 0.576. The van der Waals surface area contributed by atoms with Crippen molar-refractivity contribution in [3.63, 3.8) is 0 Å². The van der Waals surface area contributed by atoms with Gasteiger partial charge in [0.05, 0.1) is 5.69 Å². The Morgan fingerprint density at radius 3 is 2.75 bits per heavy atom. The van der Waals surface area contributed by atoms with Crippen molar-refractivity contribution in [2.24, 2.45) is 5.92 Å². The maximum Gasteiger partial charge on any atom is 0.260 e. The van der Waals surface area contributed by atoms with E-state index in [0.717, 1.165) is 35.9 Å². The zero-order chi connectivity index (χ0) is 14.3. The van der Waals surface area contributed by atoms with Crippen LogP contribution in [0, 0.1) is 5.92 Å². The van der Waals surface area contributed by atoms with E-state index in [2.05, 4.69) is 11.8 Å². The van der Waals surface area contributed by atoms with Crippen molar-refractivity contribution in [3.8, 4) is 0 Å². The monoisotopic (exact) mass is 274 g/mol. The number of aliphatic hydroxyl groups excluding tert-OH is 1. The fourth-order valence-electron chi connectivity index (χ4n) is 3.09. The molecule has 1 aromatic carbocycles. The Labute approximate surface area is 120 Å². The van der Waals surface area contributed by atoms with Crippen LogP contribution in [0.15, 0.2) is 18.2 Å². The van der Waals surface area contributed by atoms with Crippen LogP contribution in [0.2, 0.25) is 0 Å². The Balaban J connectivity index is 1.86. The minimum Gasteiger partial charge on any atom is -0.378 e. The minimum absolute atomic E-state index is 0.237. The Hall–Kier alpha value is -1.55. The van der Waals surface area contributed by atoms with Crippen LogP contribution in [-0.4, -0.2) is 31.2 Å². The van der Waals surface area contributed by atoms with Crippen LogP contribution in [0.3, 0.4) is 0 Å². The van der Waals surface area contributed by atoms with Crippen LogP contribution < -0.4 is 9.80 Å². The van der Waals surface area contributed by atoms with Gasteiger partial charge in [-0.1, -0.05) is 12.5 Å². The molecule has 1 unspecified atom stereocenters. The summed E-state index contributed by atoms with van der Waals surface area (Å²) in [4.78, 5) is 15.7. The summed E-state index contributed by atoms with van der Waals surface area (Å²) in [5, 5.41) is 9.89. The number of likely N-dealkylation sites (N-methyl/N-ethyl adjacent to an activating group) is 1. The molecule has 2 aliphatic rings. The number of fused-ring (bicyclic) bond motifs is 1. The van der Waals surface area contributed by atoms with Gasteiger partial charge in [-0.15, -0.1) is 0 Å². The van der Waals surface area contributed by atoms with E-state index in [4.69, 9.17) is 0 Å². The summed E-state index contributed by atoms with van der Waals surface area (Å²) < 4.78 is 0. The lowest BCUT2D eigenvalue weighted by Crippen LogP contribution is -2.32. The van der Waals surface area contributed by atoms with E-state index in [9.17, 15) is 9.90 Å². The normalized spacial score (nSPS) is 21.9. The van der Waals surface area contributed by atoms with Gasteiger partial charge in [0.1, 0.15) is 0 Å². The predicted octanol–water partition coefficient (Wildman–Crippen LogP) is 2.32. The fraction of sp³-hybridized carbons (Fsp3) is 0.562. The molecule has 108 valence electrons. The molecule has 1 atom stereocenters. The first-order valence-electron chi connectivity index (χ1n) is 7.46. The predicted molar refractivity (Wildman–Crippen MR) is 80.0 cm³/mol. The van der Waals surface area contributed by atoms with Gasteiger partial charge in [-0.05, 0) is 37.8 Å². The smallest absolute Gasteiger partial charge is 0.260 e. The number of aliphatic hydroxyl groups is 1. The van der Waals surface area contributed by atoms with Gasteiger partial charge < -0.3 is 14.9 Å². The van der Waals surface area contributed by atoms with E-state index >= 15 is 0 Å². The maximum atomic E-state index is 11.8.